The summed E-state index contributed by atoms with van der Waals surface area (Å²) in [5.74, 6) is 5.65. The number of hydrogen-bond acceptors (Lipinski definition) is 4. The van der Waals surface area contributed by atoms with E-state index < -0.39 is 17.6 Å². The first-order valence-electron chi connectivity index (χ1n) is 9.11. The van der Waals surface area contributed by atoms with Crippen LogP contribution in [0.1, 0.15) is 59.4 Å². The molecule has 1 aromatic rings. The Morgan fingerprint density at radius 1 is 1.19 bits per heavy atom. The van der Waals surface area contributed by atoms with E-state index in [0.29, 0.717) is 18.8 Å². The lowest BCUT2D eigenvalue weighted by Crippen LogP contribution is -2.51. The number of carbonyl (C=O) groups is 2. The number of hydrazine groups is 1. The second kappa shape index (κ2) is 10.1. The number of nitrogens with zero attached hydrogens (tertiary/aromatic N) is 1. The molecule has 5 heteroatoms. The van der Waals surface area contributed by atoms with Gasteiger partial charge in [-0.3, -0.25) is 9.80 Å². The van der Waals surface area contributed by atoms with Crippen LogP contribution in [0.25, 0.3) is 6.08 Å². The van der Waals surface area contributed by atoms with Gasteiger partial charge >= 0.3 is 5.97 Å². The van der Waals surface area contributed by atoms with E-state index in [0.717, 1.165) is 17.0 Å². The van der Waals surface area contributed by atoms with Gasteiger partial charge in [0.1, 0.15) is 11.6 Å². The number of rotatable bonds is 8. The predicted octanol–water partition coefficient (Wildman–Crippen LogP) is 3.94. The van der Waals surface area contributed by atoms with E-state index in [-0.39, 0.29) is 5.91 Å². The van der Waals surface area contributed by atoms with Crippen LogP contribution in [0.4, 0.5) is 0 Å². The molecule has 0 aliphatic heterocycles. The Labute approximate surface area is 157 Å². The van der Waals surface area contributed by atoms with E-state index in [1.165, 1.54) is 0 Å². The Balaban J connectivity index is 2.85. The molecule has 0 aromatic heterocycles. The summed E-state index contributed by atoms with van der Waals surface area (Å²) in [5.41, 5.74) is 0.380. The fraction of sp³-hybridized carbons (Fsp3) is 0.524. The van der Waals surface area contributed by atoms with Crippen molar-refractivity contribution in [2.24, 2.45) is 11.8 Å². The van der Waals surface area contributed by atoms with Crippen LogP contribution in [0, 0.1) is 5.92 Å². The van der Waals surface area contributed by atoms with Crippen molar-refractivity contribution in [2.45, 2.75) is 65.5 Å². The van der Waals surface area contributed by atoms with Crippen LogP contribution < -0.4 is 5.84 Å². The molecule has 0 unspecified atom stereocenters. The average Bonchev–Trinajstić information content (AvgIpc) is 2.55. The van der Waals surface area contributed by atoms with E-state index in [1.807, 2.05) is 56.3 Å². The third-order valence-corrected chi connectivity index (χ3v) is 3.71. The standard InChI is InChI=1S/C21H32N2O3/c1-16(2)14-15-19(24)23(22)18(20(25)26-21(3,4)5)13-9-12-17-10-7-6-8-11-17/h6-12,16,18H,13-15,22H2,1-5H3/t18-/m0/s1. The lowest BCUT2D eigenvalue weighted by molar-refractivity contribution is -0.165. The highest BCUT2D eigenvalue weighted by Gasteiger charge is 2.30. The van der Waals surface area contributed by atoms with Gasteiger partial charge in [-0.1, -0.05) is 56.3 Å². The summed E-state index contributed by atoms with van der Waals surface area (Å²) >= 11 is 0. The van der Waals surface area contributed by atoms with Crippen molar-refractivity contribution in [1.29, 1.82) is 0 Å². The Kier molecular flexibility index (Phi) is 8.52. The molecule has 0 heterocycles. The van der Waals surface area contributed by atoms with Crippen molar-refractivity contribution in [3.63, 3.8) is 0 Å². The largest absolute Gasteiger partial charge is 0.458 e. The lowest BCUT2D eigenvalue weighted by atomic mass is 10.1. The summed E-state index contributed by atoms with van der Waals surface area (Å²) in [6.45, 7) is 9.47. The van der Waals surface area contributed by atoms with Crippen LogP contribution in [-0.2, 0) is 14.3 Å². The van der Waals surface area contributed by atoms with Gasteiger partial charge in [-0.15, -0.1) is 0 Å². The minimum atomic E-state index is -0.839. The number of esters is 1. The molecule has 5 nitrogen and oxygen atoms in total. The van der Waals surface area contributed by atoms with Gasteiger partial charge in [0.15, 0.2) is 0 Å². The van der Waals surface area contributed by atoms with Crippen LogP contribution >= 0.6 is 0 Å². The molecule has 0 saturated carbocycles. The molecule has 0 radical (unpaired) electrons. The highest BCUT2D eigenvalue weighted by molar-refractivity contribution is 5.84. The summed E-state index contributed by atoms with van der Waals surface area (Å²) in [5, 5.41) is 1.03. The molecule has 144 valence electrons. The van der Waals surface area contributed by atoms with Gasteiger partial charge in [0, 0.05) is 6.42 Å². The minimum Gasteiger partial charge on any atom is -0.458 e. The molecule has 26 heavy (non-hydrogen) atoms. The average molecular weight is 360 g/mol. The maximum Gasteiger partial charge on any atom is 0.331 e. The second-order valence-electron chi connectivity index (χ2n) is 7.83. The molecule has 2 N–H and O–H groups in total. The SMILES string of the molecule is CC(C)CCC(=O)N(N)[C@@H](CC=Cc1ccccc1)C(=O)OC(C)(C)C. The van der Waals surface area contributed by atoms with Crippen molar-refractivity contribution >= 4 is 18.0 Å². The molecule has 0 aliphatic rings. The molecule has 1 rings (SSSR count). The van der Waals surface area contributed by atoms with E-state index in [1.54, 1.807) is 20.8 Å². The van der Waals surface area contributed by atoms with Gasteiger partial charge in [-0.05, 0) is 45.1 Å². The zero-order chi connectivity index (χ0) is 19.7. The first kappa shape index (κ1) is 21.9. The van der Waals surface area contributed by atoms with E-state index in [4.69, 9.17) is 10.6 Å². The quantitative estimate of drug-likeness (QED) is 0.330. The van der Waals surface area contributed by atoms with Gasteiger partial charge < -0.3 is 4.74 Å². The van der Waals surface area contributed by atoms with Crippen molar-refractivity contribution in [1.82, 2.24) is 5.01 Å². The molecule has 0 spiro atoms. The van der Waals surface area contributed by atoms with Crippen molar-refractivity contribution in [3.8, 4) is 0 Å². The van der Waals surface area contributed by atoms with Crippen LogP contribution in [0.2, 0.25) is 0 Å². The number of amides is 1. The zero-order valence-corrected chi connectivity index (χ0v) is 16.6. The van der Waals surface area contributed by atoms with E-state index >= 15 is 0 Å². The monoisotopic (exact) mass is 360 g/mol. The maximum atomic E-state index is 12.6. The topological polar surface area (TPSA) is 72.6 Å². The molecule has 0 aliphatic carbocycles. The van der Waals surface area contributed by atoms with Crippen molar-refractivity contribution < 1.29 is 14.3 Å². The summed E-state index contributed by atoms with van der Waals surface area (Å²) < 4.78 is 5.45. The number of ether oxygens (including phenoxy) is 1. The summed E-state index contributed by atoms with van der Waals surface area (Å²) in [4.78, 5) is 24.9. The second-order valence-corrected chi connectivity index (χ2v) is 7.83. The third kappa shape index (κ3) is 8.30. The van der Waals surface area contributed by atoms with E-state index in [9.17, 15) is 9.59 Å². The molecular weight excluding hydrogens is 328 g/mol. The Morgan fingerprint density at radius 3 is 2.35 bits per heavy atom. The first-order chi connectivity index (χ1) is 12.1. The molecule has 1 amide bonds. The Morgan fingerprint density at radius 2 is 1.81 bits per heavy atom. The summed E-state index contributed by atoms with van der Waals surface area (Å²) in [6.07, 6.45) is 5.10. The normalized spacial score (nSPS) is 13.0. The van der Waals surface area contributed by atoms with Gasteiger partial charge in [-0.2, -0.15) is 0 Å². The van der Waals surface area contributed by atoms with E-state index in [2.05, 4.69) is 0 Å². The molecule has 1 aromatic carbocycles. The fourth-order valence-electron chi connectivity index (χ4n) is 2.31. The first-order valence-corrected chi connectivity index (χ1v) is 9.11. The summed E-state index contributed by atoms with van der Waals surface area (Å²) in [7, 11) is 0. The number of benzene rings is 1. The minimum absolute atomic E-state index is 0.248. The van der Waals surface area contributed by atoms with Crippen molar-refractivity contribution in [2.75, 3.05) is 0 Å². The Hall–Kier alpha value is -2.14. The fourth-order valence-corrected chi connectivity index (χ4v) is 2.31. The molecule has 0 fully saturated rings. The number of carbonyl (C=O) groups excluding carboxylic acids is 2. The summed E-state index contributed by atoms with van der Waals surface area (Å²) in [6, 6.07) is 8.91. The highest BCUT2D eigenvalue weighted by Crippen LogP contribution is 2.15. The smallest absolute Gasteiger partial charge is 0.331 e. The zero-order valence-electron chi connectivity index (χ0n) is 16.6. The van der Waals surface area contributed by atoms with Gasteiger partial charge in [0.2, 0.25) is 5.91 Å². The van der Waals surface area contributed by atoms with Crippen LogP contribution in [-0.4, -0.2) is 28.5 Å². The number of hydrogen-bond donors (Lipinski definition) is 1. The Bertz CT molecular complexity index is 603. The van der Waals surface area contributed by atoms with Crippen LogP contribution in [0.5, 0.6) is 0 Å². The van der Waals surface area contributed by atoms with Crippen LogP contribution in [0.15, 0.2) is 36.4 Å². The molecule has 0 bridgehead atoms. The van der Waals surface area contributed by atoms with Crippen molar-refractivity contribution in [3.05, 3.63) is 42.0 Å². The third-order valence-electron chi connectivity index (χ3n) is 3.71. The maximum absolute atomic E-state index is 12.6. The van der Waals surface area contributed by atoms with Gasteiger partial charge in [0.05, 0.1) is 0 Å². The number of nitrogens with two attached hydrogens (primary N) is 1. The molecule has 0 saturated heterocycles. The molecular formula is C21H32N2O3. The van der Waals surface area contributed by atoms with Gasteiger partial charge in [-0.25, -0.2) is 10.6 Å². The molecule has 1 atom stereocenters. The lowest BCUT2D eigenvalue weighted by Gasteiger charge is -2.29. The predicted molar refractivity (Wildman–Crippen MR) is 105 cm³/mol. The van der Waals surface area contributed by atoms with Gasteiger partial charge in [0.25, 0.3) is 0 Å². The van der Waals surface area contributed by atoms with Crippen LogP contribution in [0.3, 0.4) is 0 Å². The highest BCUT2D eigenvalue weighted by atomic mass is 16.6.